The molecule has 0 unspecified atom stereocenters. The van der Waals surface area contributed by atoms with E-state index in [4.69, 9.17) is 11.6 Å². The normalized spacial score (nSPS) is 10.9. The third-order valence-corrected chi connectivity index (χ3v) is 2.88. The van der Waals surface area contributed by atoms with E-state index in [1.807, 2.05) is 28.8 Å². The summed E-state index contributed by atoms with van der Waals surface area (Å²) in [4.78, 5) is 12.3. The van der Waals surface area contributed by atoms with E-state index in [0.29, 0.717) is 16.3 Å². The minimum Gasteiger partial charge on any atom is -0.283 e. The number of fused-ring (bicyclic) bond motifs is 1. The van der Waals surface area contributed by atoms with Gasteiger partial charge in [-0.3, -0.25) is 4.57 Å². The molecule has 0 fully saturated rings. The molecule has 0 spiro atoms. The molecule has 2 aromatic heterocycles. The molecule has 0 aliphatic carbocycles. The summed E-state index contributed by atoms with van der Waals surface area (Å²) in [5.41, 5.74) is 3.56. The van der Waals surface area contributed by atoms with Gasteiger partial charge in [0.05, 0.1) is 0 Å². The fourth-order valence-corrected chi connectivity index (χ4v) is 1.88. The van der Waals surface area contributed by atoms with Crippen LogP contribution < -0.4 is 0 Å². The van der Waals surface area contributed by atoms with E-state index in [1.165, 1.54) is 11.9 Å². The van der Waals surface area contributed by atoms with Crippen molar-refractivity contribution in [3.8, 4) is 5.69 Å². The fourth-order valence-electron chi connectivity index (χ4n) is 1.70. The molecule has 0 radical (unpaired) electrons. The lowest BCUT2D eigenvalue weighted by Crippen LogP contribution is -1.94. The standard InChI is InChI=1S/C12H9ClN4/c1-8-2-4-9(5-3-8)17-7-16-10-11(13)14-6-15-12(10)17/h2-7H,1H3. The van der Waals surface area contributed by atoms with Crippen molar-refractivity contribution in [1.82, 2.24) is 19.5 Å². The first kappa shape index (κ1) is 10.2. The predicted molar refractivity (Wildman–Crippen MR) is 66.4 cm³/mol. The molecule has 4 nitrogen and oxygen atoms in total. The Labute approximate surface area is 103 Å². The molecule has 84 valence electrons. The van der Waals surface area contributed by atoms with E-state index in [9.17, 15) is 0 Å². The minimum atomic E-state index is 0.376. The zero-order chi connectivity index (χ0) is 11.8. The Hall–Kier alpha value is -1.94. The van der Waals surface area contributed by atoms with Crippen molar-refractivity contribution in [2.24, 2.45) is 0 Å². The van der Waals surface area contributed by atoms with Crippen LogP contribution in [0.5, 0.6) is 0 Å². The topological polar surface area (TPSA) is 43.6 Å². The van der Waals surface area contributed by atoms with Crippen LogP contribution in [0.15, 0.2) is 36.9 Å². The van der Waals surface area contributed by atoms with Gasteiger partial charge in [-0.25, -0.2) is 15.0 Å². The molecule has 0 bridgehead atoms. The number of rotatable bonds is 1. The molecule has 0 aliphatic heterocycles. The molecule has 0 atom stereocenters. The Morgan fingerprint density at radius 2 is 1.82 bits per heavy atom. The smallest absolute Gasteiger partial charge is 0.169 e. The summed E-state index contributed by atoms with van der Waals surface area (Å²) in [6, 6.07) is 8.13. The minimum absolute atomic E-state index is 0.376. The van der Waals surface area contributed by atoms with Crippen LogP contribution in [0.25, 0.3) is 16.9 Å². The first-order chi connectivity index (χ1) is 8.25. The van der Waals surface area contributed by atoms with E-state index in [0.717, 1.165) is 5.69 Å². The molecule has 0 saturated carbocycles. The summed E-state index contributed by atoms with van der Waals surface area (Å²) < 4.78 is 1.89. The quantitative estimate of drug-likeness (QED) is 0.618. The maximum atomic E-state index is 5.96. The summed E-state index contributed by atoms with van der Waals surface area (Å²) in [5, 5.41) is 0.376. The van der Waals surface area contributed by atoms with Gasteiger partial charge in [-0.2, -0.15) is 0 Å². The molecule has 0 N–H and O–H groups in total. The van der Waals surface area contributed by atoms with Crippen LogP contribution in [0, 0.1) is 6.92 Å². The molecule has 5 heteroatoms. The maximum absolute atomic E-state index is 5.96. The van der Waals surface area contributed by atoms with Crippen LogP contribution in [-0.2, 0) is 0 Å². The third-order valence-electron chi connectivity index (χ3n) is 2.60. The Kier molecular flexibility index (Phi) is 2.30. The lowest BCUT2D eigenvalue weighted by atomic mass is 10.2. The largest absolute Gasteiger partial charge is 0.283 e. The summed E-state index contributed by atoms with van der Waals surface area (Å²) in [6.45, 7) is 2.05. The van der Waals surface area contributed by atoms with Crippen LogP contribution in [0.1, 0.15) is 5.56 Å². The molecule has 3 rings (SSSR count). The predicted octanol–water partition coefficient (Wildman–Crippen LogP) is 2.78. The number of hydrogen-bond donors (Lipinski definition) is 0. The number of halogens is 1. The molecule has 17 heavy (non-hydrogen) atoms. The second kappa shape index (κ2) is 3.82. The molecule has 2 heterocycles. The molecule has 3 aromatic rings. The first-order valence-corrected chi connectivity index (χ1v) is 5.54. The van der Waals surface area contributed by atoms with Gasteiger partial charge in [-0.05, 0) is 19.1 Å². The van der Waals surface area contributed by atoms with Crippen molar-refractivity contribution >= 4 is 22.8 Å². The van der Waals surface area contributed by atoms with Crippen molar-refractivity contribution in [3.05, 3.63) is 47.6 Å². The number of nitrogens with zero attached hydrogens (tertiary/aromatic N) is 4. The summed E-state index contributed by atoms with van der Waals surface area (Å²) in [5.74, 6) is 0. The Balaban J connectivity index is 2.24. The van der Waals surface area contributed by atoms with Gasteiger partial charge in [0.2, 0.25) is 0 Å². The average Bonchev–Trinajstić information content (AvgIpc) is 2.75. The molecule has 1 aromatic carbocycles. The van der Waals surface area contributed by atoms with Gasteiger partial charge < -0.3 is 0 Å². The zero-order valence-electron chi connectivity index (χ0n) is 9.13. The fraction of sp³-hybridized carbons (Fsp3) is 0.0833. The second-order valence-electron chi connectivity index (χ2n) is 3.79. The summed E-state index contributed by atoms with van der Waals surface area (Å²) >= 11 is 5.96. The van der Waals surface area contributed by atoms with Crippen molar-refractivity contribution < 1.29 is 0 Å². The van der Waals surface area contributed by atoms with E-state index in [1.54, 1.807) is 6.33 Å². The highest BCUT2D eigenvalue weighted by molar-refractivity contribution is 6.33. The number of hydrogen-bond acceptors (Lipinski definition) is 3. The molecule has 0 saturated heterocycles. The monoisotopic (exact) mass is 244 g/mol. The van der Waals surface area contributed by atoms with Gasteiger partial charge in [0.1, 0.15) is 18.2 Å². The van der Waals surface area contributed by atoms with Crippen LogP contribution in [0.3, 0.4) is 0 Å². The summed E-state index contributed by atoms with van der Waals surface area (Å²) in [7, 11) is 0. The Bertz CT molecular complexity index is 673. The maximum Gasteiger partial charge on any atom is 0.169 e. The van der Waals surface area contributed by atoms with Gasteiger partial charge >= 0.3 is 0 Å². The van der Waals surface area contributed by atoms with Gasteiger partial charge in [0.25, 0.3) is 0 Å². The van der Waals surface area contributed by atoms with Gasteiger partial charge in [-0.15, -0.1) is 0 Å². The Morgan fingerprint density at radius 1 is 1.06 bits per heavy atom. The van der Waals surface area contributed by atoms with Crippen molar-refractivity contribution in [2.45, 2.75) is 6.92 Å². The van der Waals surface area contributed by atoms with Crippen molar-refractivity contribution in [3.63, 3.8) is 0 Å². The number of imidazole rings is 1. The van der Waals surface area contributed by atoms with Crippen molar-refractivity contribution in [1.29, 1.82) is 0 Å². The zero-order valence-corrected chi connectivity index (χ0v) is 9.89. The lowest BCUT2D eigenvalue weighted by molar-refractivity contribution is 1.06. The molecular formula is C12H9ClN4. The highest BCUT2D eigenvalue weighted by Crippen LogP contribution is 2.20. The van der Waals surface area contributed by atoms with Gasteiger partial charge in [-0.1, -0.05) is 29.3 Å². The van der Waals surface area contributed by atoms with Gasteiger partial charge in [0.15, 0.2) is 10.8 Å². The van der Waals surface area contributed by atoms with Gasteiger partial charge in [0, 0.05) is 5.69 Å². The second-order valence-corrected chi connectivity index (χ2v) is 4.14. The third kappa shape index (κ3) is 1.66. The number of aryl methyl sites for hydroxylation is 1. The van der Waals surface area contributed by atoms with E-state index < -0.39 is 0 Å². The first-order valence-electron chi connectivity index (χ1n) is 5.16. The van der Waals surface area contributed by atoms with Crippen molar-refractivity contribution in [2.75, 3.05) is 0 Å². The number of benzene rings is 1. The highest BCUT2D eigenvalue weighted by atomic mass is 35.5. The summed E-state index contributed by atoms with van der Waals surface area (Å²) in [6.07, 6.45) is 3.15. The SMILES string of the molecule is Cc1ccc(-n2cnc3c(Cl)ncnc32)cc1. The van der Waals surface area contributed by atoms with E-state index in [-0.39, 0.29) is 0 Å². The molecular weight excluding hydrogens is 236 g/mol. The molecule has 0 aliphatic rings. The van der Waals surface area contributed by atoms with Crippen LogP contribution in [0.4, 0.5) is 0 Å². The molecule has 0 amide bonds. The highest BCUT2D eigenvalue weighted by Gasteiger charge is 2.09. The Morgan fingerprint density at radius 3 is 2.59 bits per heavy atom. The average molecular weight is 245 g/mol. The van der Waals surface area contributed by atoms with Crippen LogP contribution in [0.2, 0.25) is 5.15 Å². The van der Waals surface area contributed by atoms with E-state index in [2.05, 4.69) is 21.9 Å². The van der Waals surface area contributed by atoms with E-state index >= 15 is 0 Å². The lowest BCUT2D eigenvalue weighted by Gasteiger charge is -2.03. The number of aromatic nitrogens is 4. The van der Waals surface area contributed by atoms with Crippen LogP contribution >= 0.6 is 11.6 Å². The van der Waals surface area contributed by atoms with Crippen LogP contribution in [-0.4, -0.2) is 19.5 Å².